The molecule has 0 aliphatic heterocycles. The first-order valence-corrected chi connectivity index (χ1v) is 5.12. The van der Waals surface area contributed by atoms with E-state index in [4.69, 9.17) is 5.11 Å². The van der Waals surface area contributed by atoms with Crippen LogP contribution in [0.3, 0.4) is 0 Å². The molecule has 0 aliphatic rings. The Bertz CT molecular complexity index is 260. The third-order valence-corrected chi connectivity index (χ3v) is 2.27. The summed E-state index contributed by atoms with van der Waals surface area (Å²) in [5.41, 5.74) is 1.15. The summed E-state index contributed by atoms with van der Waals surface area (Å²) in [6, 6.07) is 0.214. The van der Waals surface area contributed by atoms with Crippen molar-refractivity contribution in [3.8, 4) is 0 Å². The summed E-state index contributed by atoms with van der Waals surface area (Å²) in [5, 5.41) is 16.3. The summed E-state index contributed by atoms with van der Waals surface area (Å²) in [6.45, 7) is 3.28. The number of hydrogen-bond acceptors (Lipinski definition) is 3. The zero-order valence-corrected chi connectivity index (χ0v) is 8.90. The monoisotopic (exact) mass is 197 g/mol. The third kappa shape index (κ3) is 2.82. The molecule has 0 fully saturated rings. The van der Waals surface area contributed by atoms with E-state index in [9.17, 15) is 0 Å². The molecule has 1 aromatic heterocycles. The second-order valence-electron chi connectivity index (χ2n) is 3.39. The lowest BCUT2D eigenvalue weighted by molar-refractivity contribution is 0.269. The van der Waals surface area contributed by atoms with Crippen LogP contribution in [0, 0.1) is 0 Å². The molecule has 4 heteroatoms. The van der Waals surface area contributed by atoms with Crippen LogP contribution < -0.4 is 5.32 Å². The fourth-order valence-corrected chi connectivity index (χ4v) is 1.52. The largest absolute Gasteiger partial charge is 0.396 e. The van der Waals surface area contributed by atoms with Crippen molar-refractivity contribution in [2.45, 2.75) is 32.4 Å². The number of rotatable bonds is 6. The summed E-state index contributed by atoms with van der Waals surface area (Å²) < 4.78 is 1.94. The Kier molecular flexibility index (Phi) is 4.62. The second-order valence-corrected chi connectivity index (χ2v) is 3.39. The van der Waals surface area contributed by atoms with Crippen molar-refractivity contribution in [2.24, 2.45) is 0 Å². The average Bonchev–Trinajstić information content (AvgIpc) is 2.63. The summed E-state index contributed by atoms with van der Waals surface area (Å²) in [5.74, 6) is 0. The maximum Gasteiger partial charge on any atom is 0.0537 e. The number of nitrogens with one attached hydrogen (secondary N) is 1. The standard InChI is InChI=1S/C10H19N3O/c1-3-5-13-8-9(7-12-13)10(11-2)4-6-14/h7-8,10-11,14H,3-6H2,1-2H3. The smallest absolute Gasteiger partial charge is 0.0537 e. The number of aryl methyl sites for hydroxylation is 1. The number of aliphatic hydroxyl groups excluding tert-OH is 1. The van der Waals surface area contributed by atoms with E-state index in [2.05, 4.69) is 17.3 Å². The molecule has 1 rings (SSSR count). The van der Waals surface area contributed by atoms with E-state index in [1.165, 1.54) is 0 Å². The number of aliphatic hydroxyl groups is 1. The van der Waals surface area contributed by atoms with Crippen LogP contribution in [-0.4, -0.2) is 28.5 Å². The first-order chi connectivity index (χ1) is 6.81. The van der Waals surface area contributed by atoms with E-state index >= 15 is 0 Å². The van der Waals surface area contributed by atoms with Gasteiger partial charge in [-0.25, -0.2) is 0 Å². The zero-order valence-electron chi connectivity index (χ0n) is 8.90. The lowest BCUT2D eigenvalue weighted by atomic mass is 10.1. The minimum Gasteiger partial charge on any atom is -0.396 e. The van der Waals surface area contributed by atoms with Crippen LogP contribution in [0.15, 0.2) is 12.4 Å². The minimum absolute atomic E-state index is 0.199. The van der Waals surface area contributed by atoms with Crippen LogP contribution in [-0.2, 0) is 6.54 Å². The van der Waals surface area contributed by atoms with Gasteiger partial charge in [0.25, 0.3) is 0 Å². The van der Waals surface area contributed by atoms with Crippen molar-refractivity contribution in [1.29, 1.82) is 0 Å². The molecule has 1 aromatic rings. The van der Waals surface area contributed by atoms with Crippen molar-refractivity contribution in [3.63, 3.8) is 0 Å². The van der Waals surface area contributed by atoms with Crippen molar-refractivity contribution in [3.05, 3.63) is 18.0 Å². The van der Waals surface area contributed by atoms with Gasteiger partial charge in [0.05, 0.1) is 6.20 Å². The summed E-state index contributed by atoms with van der Waals surface area (Å²) >= 11 is 0. The van der Waals surface area contributed by atoms with Gasteiger partial charge in [0.2, 0.25) is 0 Å². The number of hydrogen-bond donors (Lipinski definition) is 2. The van der Waals surface area contributed by atoms with Crippen molar-refractivity contribution in [1.82, 2.24) is 15.1 Å². The Balaban J connectivity index is 2.63. The van der Waals surface area contributed by atoms with Gasteiger partial charge in [-0.05, 0) is 19.9 Å². The summed E-state index contributed by atoms with van der Waals surface area (Å²) in [6.07, 6.45) is 5.73. The molecule has 0 saturated carbocycles. The van der Waals surface area contributed by atoms with E-state index in [1.54, 1.807) is 0 Å². The fraction of sp³-hybridized carbons (Fsp3) is 0.700. The SMILES string of the molecule is CCCn1cc(C(CCO)NC)cn1. The molecule has 1 heterocycles. The molecule has 4 nitrogen and oxygen atoms in total. The topological polar surface area (TPSA) is 50.1 Å². The highest BCUT2D eigenvalue weighted by atomic mass is 16.3. The molecule has 0 amide bonds. The highest BCUT2D eigenvalue weighted by Gasteiger charge is 2.10. The van der Waals surface area contributed by atoms with Crippen molar-refractivity contribution in [2.75, 3.05) is 13.7 Å². The molecule has 0 bridgehead atoms. The van der Waals surface area contributed by atoms with Gasteiger partial charge in [-0.2, -0.15) is 5.10 Å². The van der Waals surface area contributed by atoms with Gasteiger partial charge < -0.3 is 10.4 Å². The quantitative estimate of drug-likeness (QED) is 0.713. The van der Waals surface area contributed by atoms with Gasteiger partial charge in [-0.3, -0.25) is 4.68 Å². The van der Waals surface area contributed by atoms with E-state index in [0.717, 1.165) is 24.9 Å². The number of nitrogens with zero attached hydrogens (tertiary/aromatic N) is 2. The Morgan fingerprint density at radius 3 is 3.00 bits per heavy atom. The normalized spacial score (nSPS) is 13.1. The molecule has 0 aromatic carbocycles. The predicted molar refractivity (Wildman–Crippen MR) is 56.0 cm³/mol. The molecule has 2 N–H and O–H groups in total. The van der Waals surface area contributed by atoms with Gasteiger partial charge in [-0.15, -0.1) is 0 Å². The van der Waals surface area contributed by atoms with E-state index in [-0.39, 0.29) is 12.6 Å². The second kappa shape index (κ2) is 5.78. The molecule has 0 aliphatic carbocycles. The Morgan fingerprint density at radius 1 is 1.64 bits per heavy atom. The molecule has 0 saturated heterocycles. The molecule has 80 valence electrons. The highest BCUT2D eigenvalue weighted by molar-refractivity contribution is 5.10. The van der Waals surface area contributed by atoms with Gasteiger partial charge >= 0.3 is 0 Å². The van der Waals surface area contributed by atoms with Crippen LogP contribution in [0.5, 0.6) is 0 Å². The first-order valence-electron chi connectivity index (χ1n) is 5.12. The molecule has 1 atom stereocenters. The minimum atomic E-state index is 0.199. The molecular formula is C10H19N3O. The summed E-state index contributed by atoms with van der Waals surface area (Å²) in [4.78, 5) is 0. The van der Waals surface area contributed by atoms with Crippen LogP contribution in [0.25, 0.3) is 0 Å². The molecular weight excluding hydrogens is 178 g/mol. The molecule has 0 spiro atoms. The Hall–Kier alpha value is -0.870. The van der Waals surface area contributed by atoms with Gasteiger partial charge in [0.1, 0.15) is 0 Å². The Labute approximate surface area is 84.9 Å². The molecule has 14 heavy (non-hydrogen) atoms. The predicted octanol–water partition coefficient (Wildman–Crippen LogP) is 0.936. The lowest BCUT2D eigenvalue weighted by Gasteiger charge is -2.11. The van der Waals surface area contributed by atoms with Gasteiger partial charge in [0, 0.05) is 31.0 Å². The summed E-state index contributed by atoms with van der Waals surface area (Å²) in [7, 11) is 1.90. The fourth-order valence-electron chi connectivity index (χ4n) is 1.52. The molecule has 1 unspecified atom stereocenters. The van der Waals surface area contributed by atoms with Crippen molar-refractivity contribution >= 4 is 0 Å². The van der Waals surface area contributed by atoms with Crippen LogP contribution in [0.4, 0.5) is 0 Å². The van der Waals surface area contributed by atoms with Crippen LogP contribution >= 0.6 is 0 Å². The maximum atomic E-state index is 8.87. The highest BCUT2D eigenvalue weighted by Crippen LogP contribution is 2.14. The molecule has 0 radical (unpaired) electrons. The van der Waals surface area contributed by atoms with E-state index < -0.39 is 0 Å². The average molecular weight is 197 g/mol. The van der Waals surface area contributed by atoms with Gasteiger partial charge in [0.15, 0.2) is 0 Å². The zero-order chi connectivity index (χ0) is 10.4. The maximum absolute atomic E-state index is 8.87. The third-order valence-electron chi connectivity index (χ3n) is 2.27. The first kappa shape index (κ1) is 11.2. The van der Waals surface area contributed by atoms with Crippen molar-refractivity contribution < 1.29 is 5.11 Å². The van der Waals surface area contributed by atoms with E-state index in [1.807, 2.05) is 24.1 Å². The lowest BCUT2D eigenvalue weighted by Crippen LogP contribution is -2.17. The van der Waals surface area contributed by atoms with Crippen LogP contribution in [0.2, 0.25) is 0 Å². The van der Waals surface area contributed by atoms with E-state index in [0.29, 0.717) is 0 Å². The van der Waals surface area contributed by atoms with Crippen LogP contribution in [0.1, 0.15) is 31.4 Å². The van der Waals surface area contributed by atoms with Gasteiger partial charge in [-0.1, -0.05) is 6.92 Å². The number of aromatic nitrogens is 2. The Morgan fingerprint density at radius 2 is 2.43 bits per heavy atom.